The smallest absolute Gasteiger partial charge is 0.319 e. The molecule has 0 saturated heterocycles. The molecule has 2 N–H and O–H groups in total. The zero-order valence-corrected chi connectivity index (χ0v) is 17.9. The molecule has 156 valence electrons. The van der Waals surface area contributed by atoms with Gasteiger partial charge in [0.25, 0.3) is 5.91 Å². The first-order valence-corrected chi connectivity index (χ1v) is 10.1. The summed E-state index contributed by atoms with van der Waals surface area (Å²) in [7, 11) is 4.04. The molecule has 6 heteroatoms. The standard InChI is InChI=1S/C23H32N4O2/c1-5-27(6-2)22(28)19-10-7-11-20(17-19)25-23(29)24-16-8-9-18-12-14-21(15-13-18)26(3)4/h7,10-15,17H,5-6,8-9,16H2,1-4H3,(H2,24,25,29). The van der Waals surface area contributed by atoms with Crippen LogP contribution in [0.2, 0.25) is 0 Å². The van der Waals surface area contributed by atoms with E-state index in [1.165, 1.54) is 11.3 Å². The Morgan fingerprint density at radius 1 is 0.966 bits per heavy atom. The van der Waals surface area contributed by atoms with E-state index in [1.807, 2.05) is 27.9 Å². The Labute approximate surface area is 173 Å². The minimum absolute atomic E-state index is 0.0284. The summed E-state index contributed by atoms with van der Waals surface area (Å²) in [6.07, 6.45) is 1.76. The van der Waals surface area contributed by atoms with Gasteiger partial charge >= 0.3 is 6.03 Å². The normalized spacial score (nSPS) is 10.3. The Balaban J connectivity index is 1.79. The van der Waals surface area contributed by atoms with E-state index in [-0.39, 0.29) is 11.9 Å². The van der Waals surface area contributed by atoms with E-state index in [0.717, 1.165) is 12.8 Å². The van der Waals surface area contributed by atoms with E-state index in [9.17, 15) is 9.59 Å². The number of carbonyl (C=O) groups is 2. The fourth-order valence-electron chi connectivity index (χ4n) is 3.05. The van der Waals surface area contributed by atoms with E-state index < -0.39 is 0 Å². The second-order valence-electron chi connectivity index (χ2n) is 7.10. The third kappa shape index (κ3) is 6.82. The fourth-order valence-corrected chi connectivity index (χ4v) is 3.05. The van der Waals surface area contributed by atoms with Gasteiger partial charge in [0.1, 0.15) is 0 Å². The average Bonchev–Trinajstić information content (AvgIpc) is 2.72. The van der Waals surface area contributed by atoms with Crippen LogP contribution in [0, 0.1) is 0 Å². The second-order valence-corrected chi connectivity index (χ2v) is 7.10. The van der Waals surface area contributed by atoms with Crippen molar-refractivity contribution in [3.8, 4) is 0 Å². The number of rotatable bonds is 9. The molecule has 2 aromatic rings. The molecular formula is C23H32N4O2. The first kappa shape index (κ1) is 22.3. The summed E-state index contributed by atoms with van der Waals surface area (Å²) in [4.78, 5) is 28.4. The molecule has 0 atom stereocenters. The van der Waals surface area contributed by atoms with Gasteiger partial charge in [-0.15, -0.1) is 0 Å². The van der Waals surface area contributed by atoms with E-state index in [4.69, 9.17) is 0 Å². The molecule has 0 radical (unpaired) electrons. The van der Waals surface area contributed by atoms with Crippen molar-refractivity contribution >= 4 is 23.3 Å². The third-order valence-electron chi connectivity index (χ3n) is 4.80. The third-order valence-corrected chi connectivity index (χ3v) is 4.80. The van der Waals surface area contributed by atoms with Crippen LogP contribution in [0.3, 0.4) is 0 Å². The van der Waals surface area contributed by atoms with E-state index in [1.54, 1.807) is 29.2 Å². The summed E-state index contributed by atoms with van der Waals surface area (Å²) in [5.74, 6) is -0.0284. The maximum absolute atomic E-state index is 12.4. The summed E-state index contributed by atoms with van der Waals surface area (Å²) in [5, 5.41) is 5.68. The molecule has 3 amide bonds. The molecule has 2 aromatic carbocycles. The lowest BCUT2D eigenvalue weighted by molar-refractivity contribution is 0.0773. The van der Waals surface area contributed by atoms with E-state index >= 15 is 0 Å². The number of benzene rings is 2. The van der Waals surface area contributed by atoms with Crippen LogP contribution in [0.25, 0.3) is 0 Å². The van der Waals surface area contributed by atoms with Crippen LogP contribution in [-0.2, 0) is 6.42 Å². The van der Waals surface area contributed by atoms with Gasteiger partial charge in [0, 0.05) is 50.7 Å². The number of urea groups is 1. The van der Waals surface area contributed by atoms with Crippen molar-refractivity contribution in [2.45, 2.75) is 26.7 Å². The lowest BCUT2D eigenvalue weighted by Gasteiger charge is -2.19. The maximum Gasteiger partial charge on any atom is 0.319 e. The Morgan fingerprint density at radius 2 is 1.66 bits per heavy atom. The van der Waals surface area contributed by atoms with Crippen molar-refractivity contribution < 1.29 is 9.59 Å². The highest BCUT2D eigenvalue weighted by Crippen LogP contribution is 2.14. The summed E-state index contributed by atoms with van der Waals surface area (Å²) in [5.41, 5.74) is 3.61. The highest BCUT2D eigenvalue weighted by molar-refractivity contribution is 5.96. The summed E-state index contributed by atoms with van der Waals surface area (Å²) in [6, 6.07) is 15.2. The molecule has 0 fully saturated rings. The average molecular weight is 397 g/mol. The van der Waals surface area contributed by atoms with Crippen molar-refractivity contribution in [1.29, 1.82) is 0 Å². The second kappa shape index (κ2) is 11.1. The van der Waals surface area contributed by atoms with Crippen LogP contribution in [0.15, 0.2) is 48.5 Å². The molecule has 0 aliphatic rings. The predicted octanol–water partition coefficient (Wildman–Crippen LogP) is 3.99. The summed E-state index contributed by atoms with van der Waals surface area (Å²) in [6.45, 7) is 5.80. The minimum atomic E-state index is -0.264. The zero-order chi connectivity index (χ0) is 21.2. The van der Waals surface area contributed by atoms with Crippen molar-refractivity contribution in [2.24, 2.45) is 0 Å². The topological polar surface area (TPSA) is 64.7 Å². The van der Waals surface area contributed by atoms with Gasteiger partial charge in [0.2, 0.25) is 0 Å². The van der Waals surface area contributed by atoms with Gasteiger partial charge in [-0.25, -0.2) is 4.79 Å². The van der Waals surface area contributed by atoms with Crippen molar-refractivity contribution in [3.05, 3.63) is 59.7 Å². The molecular weight excluding hydrogens is 364 g/mol. The number of nitrogens with one attached hydrogen (secondary N) is 2. The largest absolute Gasteiger partial charge is 0.378 e. The molecule has 6 nitrogen and oxygen atoms in total. The highest BCUT2D eigenvalue weighted by atomic mass is 16.2. The quantitative estimate of drug-likeness (QED) is 0.630. The molecule has 0 unspecified atom stereocenters. The molecule has 0 saturated carbocycles. The van der Waals surface area contributed by atoms with Gasteiger partial charge < -0.3 is 20.4 Å². The maximum atomic E-state index is 12.4. The van der Waals surface area contributed by atoms with Crippen LogP contribution in [0.4, 0.5) is 16.2 Å². The van der Waals surface area contributed by atoms with Gasteiger partial charge in [-0.1, -0.05) is 18.2 Å². The van der Waals surface area contributed by atoms with Crippen LogP contribution < -0.4 is 15.5 Å². The van der Waals surface area contributed by atoms with Crippen LogP contribution in [-0.4, -0.2) is 50.6 Å². The molecule has 0 spiro atoms. The van der Waals surface area contributed by atoms with Crippen LogP contribution in [0.5, 0.6) is 0 Å². The number of carbonyl (C=O) groups excluding carboxylic acids is 2. The Morgan fingerprint density at radius 3 is 2.28 bits per heavy atom. The number of aryl methyl sites for hydroxylation is 1. The van der Waals surface area contributed by atoms with Gasteiger partial charge in [-0.2, -0.15) is 0 Å². The lowest BCUT2D eigenvalue weighted by atomic mass is 10.1. The molecule has 0 heterocycles. The van der Waals surface area contributed by atoms with Crippen LogP contribution >= 0.6 is 0 Å². The van der Waals surface area contributed by atoms with Crippen molar-refractivity contribution in [2.75, 3.05) is 43.9 Å². The highest BCUT2D eigenvalue weighted by Gasteiger charge is 2.13. The van der Waals surface area contributed by atoms with Gasteiger partial charge in [0.05, 0.1) is 0 Å². The van der Waals surface area contributed by atoms with E-state index in [2.05, 4.69) is 39.8 Å². The Kier molecular flexibility index (Phi) is 8.52. The molecule has 0 aliphatic carbocycles. The molecule has 2 rings (SSSR count). The fraction of sp³-hybridized carbons (Fsp3) is 0.391. The van der Waals surface area contributed by atoms with Crippen LogP contribution in [0.1, 0.15) is 36.2 Å². The number of hydrogen-bond acceptors (Lipinski definition) is 3. The SMILES string of the molecule is CCN(CC)C(=O)c1cccc(NC(=O)NCCCc2ccc(N(C)C)cc2)c1. The van der Waals surface area contributed by atoms with Gasteiger partial charge in [0.15, 0.2) is 0 Å². The number of hydrogen-bond donors (Lipinski definition) is 2. The van der Waals surface area contributed by atoms with Gasteiger partial charge in [-0.05, 0) is 62.6 Å². The number of anilines is 2. The van der Waals surface area contributed by atoms with Crippen molar-refractivity contribution in [3.63, 3.8) is 0 Å². The molecule has 29 heavy (non-hydrogen) atoms. The number of nitrogens with zero attached hydrogens (tertiary/aromatic N) is 2. The Hall–Kier alpha value is -3.02. The first-order chi connectivity index (χ1) is 13.9. The summed E-state index contributed by atoms with van der Waals surface area (Å²) >= 11 is 0. The summed E-state index contributed by atoms with van der Waals surface area (Å²) < 4.78 is 0. The Bertz CT molecular complexity index is 799. The zero-order valence-electron chi connectivity index (χ0n) is 17.9. The first-order valence-electron chi connectivity index (χ1n) is 10.1. The molecule has 0 aromatic heterocycles. The molecule has 0 bridgehead atoms. The van der Waals surface area contributed by atoms with Crippen molar-refractivity contribution in [1.82, 2.24) is 10.2 Å². The number of amides is 3. The van der Waals surface area contributed by atoms with Gasteiger partial charge in [-0.3, -0.25) is 4.79 Å². The minimum Gasteiger partial charge on any atom is -0.378 e. The van der Waals surface area contributed by atoms with E-state index in [0.29, 0.717) is 30.9 Å². The molecule has 0 aliphatic heterocycles. The lowest BCUT2D eigenvalue weighted by Crippen LogP contribution is -2.31. The monoisotopic (exact) mass is 396 g/mol. The predicted molar refractivity (Wildman–Crippen MR) is 120 cm³/mol.